The van der Waals surface area contributed by atoms with Gasteiger partial charge in [-0.25, -0.2) is 4.39 Å². The van der Waals surface area contributed by atoms with E-state index in [1.165, 1.54) is 23.1 Å². The van der Waals surface area contributed by atoms with Crippen molar-refractivity contribution in [1.82, 2.24) is 0 Å². The standard InChI is InChI=1S/C10H8FNO2/c11-8-2-1-7(6-13)5-9(8)12-4-3-10(12)14/h1-2,5-6H,3-4H2. The van der Waals surface area contributed by atoms with Gasteiger partial charge in [0.2, 0.25) is 5.91 Å². The molecule has 4 heteroatoms. The summed E-state index contributed by atoms with van der Waals surface area (Å²) in [6, 6.07) is 3.97. The number of benzene rings is 1. The lowest BCUT2D eigenvalue weighted by atomic mass is 10.1. The number of hydrogen-bond acceptors (Lipinski definition) is 2. The highest BCUT2D eigenvalue weighted by molar-refractivity contribution is 6.00. The van der Waals surface area contributed by atoms with E-state index < -0.39 is 5.82 Å². The summed E-state index contributed by atoms with van der Waals surface area (Å²) < 4.78 is 13.2. The van der Waals surface area contributed by atoms with Crippen molar-refractivity contribution < 1.29 is 14.0 Å². The zero-order valence-corrected chi connectivity index (χ0v) is 7.37. The van der Waals surface area contributed by atoms with Crippen LogP contribution in [0.15, 0.2) is 18.2 Å². The topological polar surface area (TPSA) is 37.4 Å². The van der Waals surface area contributed by atoms with E-state index in [1.807, 2.05) is 0 Å². The van der Waals surface area contributed by atoms with E-state index in [4.69, 9.17) is 0 Å². The normalized spacial score (nSPS) is 15.2. The largest absolute Gasteiger partial charge is 0.309 e. The molecule has 72 valence electrons. The smallest absolute Gasteiger partial charge is 0.228 e. The lowest BCUT2D eigenvalue weighted by Gasteiger charge is -2.30. The van der Waals surface area contributed by atoms with E-state index in [0.717, 1.165) is 0 Å². The lowest BCUT2D eigenvalue weighted by Crippen LogP contribution is -2.43. The van der Waals surface area contributed by atoms with Crippen molar-refractivity contribution in [2.75, 3.05) is 11.4 Å². The van der Waals surface area contributed by atoms with Crippen LogP contribution in [0.4, 0.5) is 10.1 Å². The van der Waals surface area contributed by atoms with Crippen LogP contribution in [0.1, 0.15) is 16.8 Å². The van der Waals surface area contributed by atoms with Crippen molar-refractivity contribution in [3.05, 3.63) is 29.6 Å². The third-order valence-electron chi connectivity index (χ3n) is 2.25. The molecule has 0 radical (unpaired) electrons. The molecule has 0 aliphatic carbocycles. The molecule has 0 saturated carbocycles. The summed E-state index contributed by atoms with van der Waals surface area (Å²) in [6.45, 7) is 0.526. The Morgan fingerprint density at radius 3 is 2.71 bits per heavy atom. The first kappa shape index (κ1) is 8.87. The molecule has 1 aromatic carbocycles. The van der Waals surface area contributed by atoms with E-state index in [0.29, 0.717) is 24.8 Å². The maximum Gasteiger partial charge on any atom is 0.228 e. The van der Waals surface area contributed by atoms with Gasteiger partial charge in [0.05, 0.1) is 5.69 Å². The van der Waals surface area contributed by atoms with E-state index >= 15 is 0 Å². The summed E-state index contributed by atoms with van der Waals surface area (Å²) in [4.78, 5) is 22.8. The molecule has 1 fully saturated rings. The summed E-state index contributed by atoms with van der Waals surface area (Å²) in [5, 5.41) is 0. The molecule has 1 aromatic rings. The number of carbonyl (C=O) groups is 2. The molecule has 0 bridgehead atoms. The molecule has 1 saturated heterocycles. The summed E-state index contributed by atoms with van der Waals surface area (Å²) in [5.41, 5.74) is 0.576. The quantitative estimate of drug-likeness (QED) is 0.525. The predicted molar refractivity (Wildman–Crippen MR) is 48.8 cm³/mol. The van der Waals surface area contributed by atoms with Crippen molar-refractivity contribution in [3.63, 3.8) is 0 Å². The number of halogens is 1. The zero-order valence-electron chi connectivity index (χ0n) is 7.37. The van der Waals surface area contributed by atoms with E-state index in [9.17, 15) is 14.0 Å². The minimum absolute atomic E-state index is 0.105. The van der Waals surface area contributed by atoms with Crippen LogP contribution in [-0.4, -0.2) is 18.7 Å². The van der Waals surface area contributed by atoms with Gasteiger partial charge < -0.3 is 4.90 Å². The van der Waals surface area contributed by atoms with E-state index in [2.05, 4.69) is 0 Å². The van der Waals surface area contributed by atoms with Crippen LogP contribution >= 0.6 is 0 Å². The number of rotatable bonds is 2. The van der Waals surface area contributed by atoms with Gasteiger partial charge >= 0.3 is 0 Å². The first-order valence-corrected chi connectivity index (χ1v) is 4.27. The number of hydrogen-bond donors (Lipinski definition) is 0. The van der Waals surface area contributed by atoms with Gasteiger partial charge in [0.15, 0.2) is 0 Å². The molecule has 0 unspecified atom stereocenters. The van der Waals surface area contributed by atoms with Gasteiger partial charge in [-0.05, 0) is 18.2 Å². The molecule has 1 heterocycles. The van der Waals surface area contributed by atoms with E-state index in [1.54, 1.807) is 0 Å². The molecular weight excluding hydrogens is 185 g/mol. The Morgan fingerprint density at radius 1 is 1.43 bits per heavy atom. The molecule has 0 N–H and O–H groups in total. The highest BCUT2D eigenvalue weighted by Crippen LogP contribution is 2.25. The van der Waals surface area contributed by atoms with Crippen LogP contribution in [0.2, 0.25) is 0 Å². The number of carbonyl (C=O) groups excluding carboxylic acids is 2. The molecule has 0 atom stereocenters. The van der Waals surface area contributed by atoms with Crippen molar-refractivity contribution in [3.8, 4) is 0 Å². The van der Waals surface area contributed by atoms with Crippen molar-refractivity contribution >= 4 is 17.9 Å². The van der Waals surface area contributed by atoms with Gasteiger partial charge in [0.25, 0.3) is 0 Å². The van der Waals surface area contributed by atoms with Crippen LogP contribution in [0.3, 0.4) is 0 Å². The van der Waals surface area contributed by atoms with Gasteiger partial charge in [-0.15, -0.1) is 0 Å². The fourth-order valence-electron chi connectivity index (χ4n) is 1.38. The molecule has 1 aliphatic rings. The second-order valence-corrected chi connectivity index (χ2v) is 3.12. The van der Waals surface area contributed by atoms with Gasteiger partial charge in [0, 0.05) is 18.5 Å². The summed E-state index contributed by atoms with van der Waals surface area (Å²) in [5.74, 6) is -0.574. The second-order valence-electron chi connectivity index (χ2n) is 3.12. The second kappa shape index (κ2) is 3.21. The molecule has 1 amide bonds. The molecule has 1 aliphatic heterocycles. The van der Waals surface area contributed by atoms with E-state index in [-0.39, 0.29) is 11.6 Å². The number of aldehydes is 1. The minimum Gasteiger partial charge on any atom is -0.309 e. The molecular formula is C10H8FNO2. The first-order valence-electron chi connectivity index (χ1n) is 4.27. The number of β-lactam (4-membered cyclic amide) rings is 1. The fourth-order valence-corrected chi connectivity index (χ4v) is 1.38. The first-order chi connectivity index (χ1) is 6.72. The SMILES string of the molecule is O=Cc1ccc(F)c(N2CCC2=O)c1. The molecule has 0 spiro atoms. The van der Waals surface area contributed by atoms with Gasteiger partial charge in [-0.2, -0.15) is 0 Å². The third-order valence-corrected chi connectivity index (χ3v) is 2.25. The number of amides is 1. The van der Waals surface area contributed by atoms with Crippen molar-refractivity contribution in [1.29, 1.82) is 0 Å². The van der Waals surface area contributed by atoms with Gasteiger partial charge in [-0.1, -0.05) is 0 Å². The van der Waals surface area contributed by atoms with Crippen LogP contribution in [-0.2, 0) is 4.79 Å². The lowest BCUT2D eigenvalue weighted by molar-refractivity contribution is -0.122. The average molecular weight is 193 g/mol. The molecule has 14 heavy (non-hydrogen) atoms. The average Bonchev–Trinajstić information content (AvgIpc) is 2.19. The van der Waals surface area contributed by atoms with Gasteiger partial charge in [0.1, 0.15) is 12.1 Å². The number of anilines is 1. The van der Waals surface area contributed by atoms with Crippen molar-refractivity contribution in [2.24, 2.45) is 0 Å². The third kappa shape index (κ3) is 1.28. The minimum atomic E-state index is -0.469. The zero-order chi connectivity index (χ0) is 10.1. The van der Waals surface area contributed by atoms with Crippen LogP contribution in [0.25, 0.3) is 0 Å². The monoisotopic (exact) mass is 193 g/mol. The maximum atomic E-state index is 13.2. The van der Waals surface area contributed by atoms with Crippen LogP contribution in [0.5, 0.6) is 0 Å². The summed E-state index contributed by atoms with van der Waals surface area (Å²) in [7, 11) is 0. The Kier molecular flexibility index (Phi) is 2.04. The Hall–Kier alpha value is -1.71. The number of nitrogens with zero attached hydrogens (tertiary/aromatic N) is 1. The van der Waals surface area contributed by atoms with Crippen LogP contribution < -0.4 is 4.90 Å². The Balaban J connectivity index is 2.40. The highest BCUT2D eigenvalue weighted by atomic mass is 19.1. The summed E-state index contributed by atoms with van der Waals surface area (Å²) >= 11 is 0. The Bertz CT molecular complexity index is 403. The Labute approximate surface area is 80.1 Å². The molecule has 3 nitrogen and oxygen atoms in total. The molecule has 0 aromatic heterocycles. The van der Waals surface area contributed by atoms with Gasteiger partial charge in [-0.3, -0.25) is 9.59 Å². The predicted octanol–water partition coefficient (Wildman–Crippen LogP) is 1.37. The maximum absolute atomic E-state index is 13.2. The Morgan fingerprint density at radius 2 is 2.21 bits per heavy atom. The molecule has 2 rings (SSSR count). The van der Waals surface area contributed by atoms with Crippen LogP contribution in [0, 0.1) is 5.82 Å². The summed E-state index contributed by atoms with van der Waals surface area (Å²) in [6.07, 6.45) is 1.08. The van der Waals surface area contributed by atoms with Crippen molar-refractivity contribution in [2.45, 2.75) is 6.42 Å². The fraction of sp³-hybridized carbons (Fsp3) is 0.200. The highest BCUT2D eigenvalue weighted by Gasteiger charge is 2.27.